The molecule has 6 heteroatoms. The lowest BCUT2D eigenvalue weighted by Gasteiger charge is -2.28. The van der Waals surface area contributed by atoms with E-state index in [0.717, 1.165) is 13.1 Å². The van der Waals surface area contributed by atoms with Crippen molar-refractivity contribution in [3.63, 3.8) is 0 Å². The monoisotopic (exact) mass is 455 g/mol. The summed E-state index contributed by atoms with van der Waals surface area (Å²) < 4.78 is 11.4. The molecule has 2 heterocycles. The van der Waals surface area contributed by atoms with Crippen LogP contribution in [0.25, 0.3) is 6.08 Å². The fourth-order valence-electron chi connectivity index (χ4n) is 3.57. The maximum atomic E-state index is 12.5. The number of carbonyl (C=O) groups excluding carboxylic acids is 1. The minimum atomic E-state index is -0.0674. The molecule has 160 valence electrons. The highest BCUT2D eigenvalue weighted by molar-refractivity contribution is 6.37. The second-order valence-corrected chi connectivity index (χ2v) is 8.25. The molecular formula is C25H23Cl2NO3. The fourth-order valence-corrected chi connectivity index (χ4v) is 4.07. The summed E-state index contributed by atoms with van der Waals surface area (Å²) in [7, 11) is 0. The summed E-state index contributed by atoms with van der Waals surface area (Å²) in [6, 6.07) is 16.6. The van der Waals surface area contributed by atoms with Crippen LogP contribution < -0.4 is 9.64 Å². The number of furan rings is 1. The molecule has 0 N–H and O–H groups in total. The molecule has 0 amide bonds. The Hall–Kier alpha value is -2.69. The van der Waals surface area contributed by atoms with Crippen molar-refractivity contribution in [3.8, 4) is 5.75 Å². The van der Waals surface area contributed by atoms with Gasteiger partial charge >= 0.3 is 0 Å². The Morgan fingerprint density at radius 1 is 0.968 bits per heavy atom. The number of benzene rings is 2. The Balaban J connectivity index is 1.34. The van der Waals surface area contributed by atoms with E-state index in [2.05, 4.69) is 4.90 Å². The normalized spacial score (nSPS) is 14.2. The van der Waals surface area contributed by atoms with Gasteiger partial charge < -0.3 is 14.1 Å². The van der Waals surface area contributed by atoms with Gasteiger partial charge in [0.2, 0.25) is 0 Å². The molecule has 4 nitrogen and oxygen atoms in total. The Bertz CT molecular complexity index is 1050. The van der Waals surface area contributed by atoms with Crippen molar-refractivity contribution < 1.29 is 13.9 Å². The third kappa shape index (κ3) is 5.52. The van der Waals surface area contributed by atoms with E-state index in [1.165, 1.54) is 31.0 Å². The molecule has 3 aromatic rings. The largest absolute Gasteiger partial charge is 0.483 e. The van der Waals surface area contributed by atoms with Gasteiger partial charge in [0.25, 0.3) is 0 Å². The van der Waals surface area contributed by atoms with Crippen molar-refractivity contribution in [2.75, 3.05) is 18.0 Å². The molecule has 0 atom stereocenters. The lowest BCUT2D eigenvalue weighted by atomic mass is 10.1. The number of nitrogens with zero attached hydrogens (tertiary/aromatic N) is 1. The molecular weight excluding hydrogens is 433 g/mol. The number of allylic oxidation sites excluding steroid dienone is 1. The van der Waals surface area contributed by atoms with Crippen LogP contribution in [0, 0.1) is 0 Å². The first-order valence-corrected chi connectivity index (χ1v) is 11.1. The predicted octanol–water partition coefficient (Wildman–Crippen LogP) is 7.05. The smallest absolute Gasteiger partial charge is 0.185 e. The maximum Gasteiger partial charge on any atom is 0.185 e. The van der Waals surface area contributed by atoms with Crippen LogP contribution in [-0.2, 0) is 6.61 Å². The van der Waals surface area contributed by atoms with Gasteiger partial charge in [-0.15, -0.1) is 0 Å². The molecule has 31 heavy (non-hydrogen) atoms. The zero-order chi connectivity index (χ0) is 21.6. The van der Waals surface area contributed by atoms with Crippen molar-refractivity contribution in [2.24, 2.45) is 0 Å². The van der Waals surface area contributed by atoms with Crippen molar-refractivity contribution in [3.05, 3.63) is 87.8 Å². The summed E-state index contributed by atoms with van der Waals surface area (Å²) in [5, 5.41) is 0.882. The third-order valence-corrected chi connectivity index (χ3v) is 5.83. The van der Waals surface area contributed by atoms with Crippen LogP contribution in [0.1, 0.15) is 41.1 Å². The lowest BCUT2D eigenvalue weighted by molar-refractivity contribution is 0.104. The number of hydrogen-bond donors (Lipinski definition) is 0. The van der Waals surface area contributed by atoms with Crippen LogP contribution in [0.5, 0.6) is 5.75 Å². The van der Waals surface area contributed by atoms with Gasteiger partial charge in [-0.25, -0.2) is 0 Å². The minimum Gasteiger partial charge on any atom is -0.483 e. The van der Waals surface area contributed by atoms with Gasteiger partial charge in [-0.05, 0) is 79.9 Å². The SMILES string of the molecule is O=C(/C=C/c1ccc(COc2c(Cl)cccc2Cl)o1)c1ccc(N2CCCCC2)cc1. The molecule has 1 aliphatic heterocycles. The first kappa shape index (κ1) is 21.5. The number of para-hydroxylation sites is 1. The first-order valence-electron chi connectivity index (χ1n) is 10.3. The summed E-state index contributed by atoms with van der Waals surface area (Å²) in [4.78, 5) is 14.9. The number of carbonyl (C=O) groups is 1. The summed E-state index contributed by atoms with van der Waals surface area (Å²) in [6.45, 7) is 2.35. The third-order valence-electron chi connectivity index (χ3n) is 5.23. The van der Waals surface area contributed by atoms with Gasteiger partial charge in [0, 0.05) is 24.3 Å². The van der Waals surface area contributed by atoms with E-state index in [-0.39, 0.29) is 12.4 Å². The Morgan fingerprint density at radius 2 is 1.68 bits per heavy atom. The van der Waals surface area contributed by atoms with Crippen molar-refractivity contribution in [1.82, 2.24) is 0 Å². The van der Waals surface area contributed by atoms with Gasteiger partial charge in [-0.3, -0.25) is 4.79 Å². The highest BCUT2D eigenvalue weighted by Crippen LogP contribution is 2.33. The van der Waals surface area contributed by atoms with Gasteiger partial charge in [0.1, 0.15) is 18.1 Å². The van der Waals surface area contributed by atoms with E-state index in [9.17, 15) is 4.79 Å². The van der Waals surface area contributed by atoms with Crippen molar-refractivity contribution in [2.45, 2.75) is 25.9 Å². The highest BCUT2D eigenvalue weighted by atomic mass is 35.5. The quantitative estimate of drug-likeness (QED) is 0.282. The molecule has 0 bridgehead atoms. The molecule has 1 fully saturated rings. The van der Waals surface area contributed by atoms with Gasteiger partial charge in [-0.2, -0.15) is 0 Å². The lowest BCUT2D eigenvalue weighted by Crippen LogP contribution is -2.29. The molecule has 0 saturated carbocycles. The van der Waals surface area contributed by atoms with Crippen LogP contribution in [0.15, 0.2) is 65.1 Å². The van der Waals surface area contributed by atoms with E-state index in [4.69, 9.17) is 32.4 Å². The second-order valence-electron chi connectivity index (χ2n) is 7.44. The number of hydrogen-bond acceptors (Lipinski definition) is 4. The van der Waals surface area contributed by atoms with E-state index in [1.807, 2.05) is 24.3 Å². The van der Waals surface area contributed by atoms with Gasteiger partial charge in [-0.1, -0.05) is 29.3 Å². The standard InChI is InChI=1S/C25H23Cl2NO3/c26-22-5-4-6-23(27)25(22)30-17-21-12-11-20(31-21)13-14-24(29)18-7-9-19(10-8-18)28-15-2-1-3-16-28/h4-14H,1-3,15-17H2/b14-13+. The zero-order valence-electron chi connectivity index (χ0n) is 17.0. The van der Waals surface area contributed by atoms with E-state index >= 15 is 0 Å². The van der Waals surface area contributed by atoms with Crippen LogP contribution in [0.2, 0.25) is 10.0 Å². The second kappa shape index (κ2) is 10.1. The van der Waals surface area contributed by atoms with Crippen molar-refractivity contribution >= 4 is 40.7 Å². The molecule has 0 unspecified atom stereocenters. The summed E-state index contributed by atoms with van der Waals surface area (Å²) in [6.07, 6.45) is 6.93. The Kier molecular flexibility index (Phi) is 7.00. The molecule has 1 aromatic heterocycles. The molecule has 0 radical (unpaired) electrons. The van der Waals surface area contributed by atoms with Crippen LogP contribution in [0.3, 0.4) is 0 Å². The van der Waals surface area contributed by atoms with Gasteiger partial charge in [0.05, 0.1) is 10.0 Å². The summed E-state index contributed by atoms with van der Waals surface area (Å²) in [5.41, 5.74) is 1.83. The number of halogens is 2. The number of ether oxygens (including phenoxy) is 1. The summed E-state index contributed by atoms with van der Waals surface area (Å²) in [5.74, 6) is 1.53. The fraction of sp³-hybridized carbons (Fsp3) is 0.240. The molecule has 4 rings (SSSR count). The van der Waals surface area contributed by atoms with E-state index in [0.29, 0.717) is 32.9 Å². The van der Waals surface area contributed by atoms with Crippen LogP contribution in [0.4, 0.5) is 5.69 Å². The molecule has 0 aliphatic carbocycles. The number of ketones is 1. The molecule has 1 saturated heterocycles. The predicted molar refractivity (Wildman–Crippen MR) is 125 cm³/mol. The number of rotatable bonds is 7. The number of piperidine rings is 1. The minimum absolute atomic E-state index is 0.0674. The molecule has 2 aromatic carbocycles. The summed E-state index contributed by atoms with van der Waals surface area (Å²) >= 11 is 12.2. The highest BCUT2D eigenvalue weighted by Gasteiger charge is 2.12. The van der Waals surface area contributed by atoms with E-state index in [1.54, 1.807) is 36.4 Å². The topological polar surface area (TPSA) is 42.7 Å². The van der Waals surface area contributed by atoms with Crippen LogP contribution in [-0.4, -0.2) is 18.9 Å². The Labute approximate surface area is 192 Å². The van der Waals surface area contributed by atoms with Gasteiger partial charge in [0.15, 0.2) is 11.5 Å². The average molecular weight is 456 g/mol. The first-order chi connectivity index (χ1) is 15.1. The van der Waals surface area contributed by atoms with E-state index < -0.39 is 0 Å². The van der Waals surface area contributed by atoms with Crippen molar-refractivity contribution in [1.29, 1.82) is 0 Å². The number of anilines is 1. The molecule has 1 aliphatic rings. The average Bonchev–Trinajstić information content (AvgIpc) is 3.26. The maximum absolute atomic E-state index is 12.5. The zero-order valence-corrected chi connectivity index (χ0v) is 18.5. The Morgan fingerprint density at radius 3 is 2.39 bits per heavy atom. The molecule has 0 spiro atoms. The van der Waals surface area contributed by atoms with Crippen LogP contribution >= 0.6 is 23.2 Å².